The van der Waals surface area contributed by atoms with Gasteiger partial charge < -0.3 is 20.4 Å². The van der Waals surface area contributed by atoms with Crippen LogP contribution in [0.3, 0.4) is 0 Å². The fourth-order valence-electron chi connectivity index (χ4n) is 7.39. The average molecular weight is 579 g/mol. The third-order valence-electron chi connectivity index (χ3n) is 9.56. The second-order valence-electron chi connectivity index (χ2n) is 12.2. The maximum Gasteiger partial charge on any atom is 0.246 e. The number of rotatable bonds is 8. The minimum atomic E-state index is -0.721. The van der Waals surface area contributed by atoms with Crippen LogP contribution in [0.4, 0.5) is 0 Å². The molecule has 3 aliphatic rings. The lowest BCUT2D eigenvalue weighted by Gasteiger charge is -2.38. The number of amides is 3. The number of benzene rings is 3. The minimum absolute atomic E-state index is 0.0408. The smallest absolute Gasteiger partial charge is 0.246 e. The summed E-state index contributed by atoms with van der Waals surface area (Å²) in [6.07, 6.45) is 5.05. The zero-order valence-corrected chi connectivity index (χ0v) is 24.8. The summed E-state index contributed by atoms with van der Waals surface area (Å²) in [5, 5.41) is 6.52. The van der Waals surface area contributed by atoms with Gasteiger partial charge >= 0.3 is 0 Å². The van der Waals surface area contributed by atoms with Crippen LogP contribution < -0.4 is 10.6 Å². The summed E-state index contributed by atoms with van der Waals surface area (Å²) in [4.78, 5) is 45.4. The molecule has 3 heterocycles. The molecular formula is C36H42N4O3. The fourth-order valence-corrected chi connectivity index (χ4v) is 7.39. The van der Waals surface area contributed by atoms with Gasteiger partial charge in [0.05, 0.1) is 5.41 Å². The first-order valence-electron chi connectivity index (χ1n) is 15.9. The average Bonchev–Trinajstić information content (AvgIpc) is 3.76. The Morgan fingerprint density at radius 3 is 1.77 bits per heavy atom. The third-order valence-corrected chi connectivity index (χ3v) is 9.56. The van der Waals surface area contributed by atoms with Gasteiger partial charge in [0.25, 0.3) is 0 Å². The molecule has 0 saturated carbocycles. The van der Waals surface area contributed by atoms with E-state index in [1.807, 2.05) is 54.6 Å². The number of nitrogens with zero attached hydrogens (tertiary/aromatic N) is 2. The molecule has 3 saturated heterocycles. The van der Waals surface area contributed by atoms with E-state index in [0.29, 0.717) is 25.9 Å². The van der Waals surface area contributed by atoms with Gasteiger partial charge in [0.1, 0.15) is 12.1 Å². The molecule has 0 bridgehead atoms. The molecule has 3 atom stereocenters. The number of hydrogen-bond acceptors (Lipinski definition) is 4. The predicted molar refractivity (Wildman–Crippen MR) is 167 cm³/mol. The maximum absolute atomic E-state index is 14.5. The lowest BCUT2D eigenvalue weighted by atomic mass is 9.67. The summed E-state index contributed by atoms with van der Waals surface area (Å²) < 4.78 is 0. The Kier molecular flexibility index (Phi) is 8.89. The van der Waals surface area contributed by atoms with Crippen LogP contribution in [0.25, 0.3) is 0 Å². The molecule has 2 N–H and O–H groups in total. The van der Waals surface area contributed by atoms with Crippen molar-refractivity contribution in [1.29, 1.82) is 0 Å². The van der Waals surface area contributed by atoms with Gasteiger partial charge in [-0.1, -0.05) is 91.0 Å². The second-order valence-corrected chi connectivity index (χ2v) is 12.2. The highest BCUT2D eigenvalue weighted by atomic mass is 16.2. The molecule has 6 rings (SSSR count). The van der Waals surface area contributed by atoms with E-state index in [1.54, 1.807) is 9.80 Å². The van der Waals surface area contributed by atoms with Crippen molar-refractivity contribution < 1.29 is 14.4 Å². The van der Waals surface area contributed by atoms with E-state index in [0.717, 1.165) is 55.5 Å². The van der Waals surface area contributed by atoms with Crippen molar-refractivity contribution in [3.63, 3.8) is 0 Å². The zero-order chi connectivity index (χ0) is 29.6. The van der Waals surface area contributed by atoms with Crippen molar-refractivity contribution in [3.05, 3.63) is 108 Å². The summed E-state index contributed by atoms with van der Waals surface area (Å²) in [6, 6.07) is 29.7. The summed E-state index contributed by atoms with van der Waals surface area (Å²) in [5.74, 6) is -0.192. The van der Waals surface area contributed by atoms with E-state index < -0.39 is 17.5 Å². The standard InChI is InChI=1S/C36H42N4O3/c41-33(25-36(27-13-4-1-5-14-27,28-15-6-2-7-16-28)29-17-8-3-9-18-29)39-23-12-21-32(39)35(43)40-24-11-20-31(40)34(42)38-30-19-10-22-37-26-30/h1-9,13-18,30-32,37H,10-12,19-26H2,(H,38,42)/t30?,31-,32+/m1/s1. The highest BCUT2D eigenvalue weighted by Crippen LogP contribution is 2.43. The van der Waals surface area contributed by atoms with Crippen LogP contribution in [0, 0.1) is 0 Å². The number of likely N-dealkylation sites (tertiary alicyclic amines) is 2. The summed E-state index contributed by atoms with van der Waals surface area (Å²) in [5.41, 5.74) is 2.39. The van der Waals surface area contributed by atoms with Crippen LogP contribution in [0.5, 0.6) is 0 Å². The number of carbonyl (C=O) groups is 3. The van der Waals surface area contributed by atoms with Gasteiger partial charge in [-0.25, -0.2) is 0 Å². The van der Waals surface area contributed by atoms with Gasteiger partial charge in [-0.05, 0) is 61.8 Å². The summed E-state index contributed by atoms with van der Waals surface area (Å²) in [7, 11) is 0. The molecule has 224 valence electrons. The van der Waals surface area contributed by atoms with Gasteiger partial charge in [0, 0.05) is 32.1 Å². The Bertz CT molecular complexity index is 1300. The largest absolute Gasteiger partial charge is 0.350 e. The molecule has 0 aliphatic carbocycles. The van der Waals surface area contributed by atoms with Gasteiger partial charge in [0.2, 0.25) is 17.7 Å². The van der Waals surface area contributed by atoms with E-state index in [9.17, 15) is 14.4 Å². The van der Waals surface area contributed by atoms with Crippen LogP contribution in [-0.2, 0) is 19.8 Å². The highest BCUT2D eigenvalue weighted by molar-refractivity contribution is 5.93. The van der Waals surface area contributed by atoms with E-state index in [-0.39, 0.29) is 30.2 Å². The third kappa shape index (κ3) is 5.96. The van der Waals surface area contributed by atoms with Gasteiger partial charge in [0.15, 0.2) is 0 Å². The minimum Gasteiger partial charge on any atom is -0.350 e. The van der Waals surface area contributed by atoms with Crippen molar-refractivity contribution in [1.82, 2.24) is 20.4 Å². The molecule has 43 heavy (non-hydrogen) atoms. The Hall–Kier alpha value is -3.97. The Labute approximate surface area is 254 Å². The van der Waals surface area contributed by atoms with E-state index in [1.165, 1.54) is 0 Å². The van der Waals surface area contributed by atoms with Crippen LogP contribution in [0.2, 0.25) is 0 Å². The number of hydrogen-bond donors (Lipinski definition) is 2. The molecule has 3 aliphatic heterocycles. The Balaban J connectivity index is 1.27. The van der Waals surface area contributed by atoms with Gasteiger partial charge in [-0.3, -0.25) is 14.4 Å². The molecule has 0 spiro atoms. The molecule has 3 fully saturated rings. The van der Waals surface area contributed by atoms with Crippen molar-refractivity contribution in [2.75, 3.05) is 26.2 Å². The van der Waals surface area contributed by atoms with Crippen molar-refractivity contribution in [3.8, 4) is 0 Å². The monoisotopic (exact) mass is 578 g/mol. The highest BCUT2D eigenvalue weighted by Gasteiger charge is 2.45. The van der Waals surface area contributed by atoms with E-state index >= 15 is 0 Å². The van der Waals surface area contributed by atoms with Gasteiger partial charge in [-0.2, -0.15) is 0 Å². The first kappa shape index (κ1) is 29.1. The van der Waals surface area contributed by atoms with Crippen LogP contribution >= 0.6 is 0 Å². The summed E-state index contributed by atoms with van der Waals surface area (Å²) >= 11 is 0. The molecule has 0 aromatic heterocycles. The first-order chi connectivity index (χ1) is 21.1. The predicted octanol–water partition coefficient (Wildman–Crippen LogP) is 4.26. The Morgan fingerprint density at radius 2 is 1.23 bits per heavy atom. The molecule has 7 nitrogen and oxygen atoms in total. The molecule has 3 aromatic rings. The van der Waals surface area contributed by atoms with E-state index in [4.69, 9.17) is 0 Å². The maximum atomic E-state index is 14.5. The quantitative estimate of drug-likeness (QED) is 0.392. The first-order valence-corrected chi connectivity index (χ1v) is 15.9. The van der Waals surface area contributed by atoms with Crippen LogP contribution in [-0.4, -0.2) is 71.8 Å². The lowest BCUT2D eigenvalue weighted by Crippen LogP contribution is -2.55. The molecular weight excluding hydrogens is 536 g/mol. The molecule has 1 unspecified atom stereocenters. The normalized spacial score (nSPS) is 22.4. The number of nitrogens with one attached hydrogen (secondary N) is 2. The van der Waals surface area contributed by atoms with Gasteiger partial charge in [-0.15, -0.1) is 0 Å². The number of carbonyl (C=O) groups excluding carboxylic acids is 3. The van der Waals surface area contributed by atoms with Crippen molar-refractivity contribution >= 4 is 17.7 Å². The zero-order valence-electron chi connectivity index (χ0n) is 24.8. The van der Waals surface area contributed by atoms with Crippen LogP contribution in [0.15, 0.2) is 91.0 Å². The second kappa shape index (κ2) is 13.1. The van der Waals surface area contributed by atoms with E-state index in [2.05, 4.69) is 47.0 Å². The van der Waals surface area contributed by atoms with Crippen molar-refractivity contribution in [2.24, 2.45) is 0 Å². The summed E-state index contributed by atoms with van der Waals surface area (Å²) in [6.45, 7) is 2.85. The number of piperidine rings is 1. The molecule has 3 aromatic carbocycles. The molecule has 0 radical (unpaired) electrons. The molecule has 7 heteroatoms. The molecule has 3 amide bonds. The van der Waals surface area contributed by atoms with Crippen LogP contribution in [0.1, 0.15) is 61.6 Å². The van der Waals surface area contributed by atoms with Crippen molar-refractivity contribution in [2.45, 2.75) is 68.5 Å². The Morgan fingerprint density at radius 1 is 0.698 bits per heavy atom. The lowest BCUT2D eigenvalue weighted by molar-refractivity contribution is -0.147. The topological polar surface area (TPSA) is 81.8 Å². The SMILES string of the molecule is O=C(NC1CCCNC1)[C@H]1CCCN1C(=O)[C@@H]1CCCN1C(=O)CC(c1ccccc1)(c1ccccc1)c1ccccc1. The fraction of sp³-hybridized carbons (Fsp3) is 0.417.